The lowest BCUT2D eigenvalue weighted by Crippen LogP contribution is -2.39. The Morgan fingerprint density at radius 1 is 1.59 bits per heavy atom. The van der Waals surface area contributed by atoms with Crippen molar-refractivity contribution in [1.29, 1.82) is 0 Å². The highest BCUT2D eigenvalue weighted by Gasteiger charge is 2.66. The molecule has 22 heavy (non-hydrogen) atoms. The topological polar surface area (TPSA) is 108 Å². The molecule has 2 aromatic rings. The van der Waals surface area contributed by atoms with Gasteiger partial charge in [-0.1, -0.05) is 13.8 Å². The summed E-state index contributed by atoms with van der Waals surface area (Å²) in [6, 6.07) is 0. The second-order valence-electron chi connectivity index (χ2n) is 6.36. The number of hydrogen-bond acceptors (Lipinski definition) is 6. The number of anilines is 1. The van der Waals surface area contributed by atoms with Crippen LogP contribution in [0.15, 0.2) is 11.1 Å². The number of H-pyrrole nitrogens is 1. The van der Waals surface area contributed by atoms with Gasteiger partial charge in [0.2, 0.25) is 5.95 Å². The minimum Gasteiger partial charge on any atom is -0.369 e. The van der Waals surface area contributed by atoms with E-state index in [0.29, 0.717) is 12.3 Å². The Hall–Kier alpha value is -1.93. The molecule has 2 aliphatic heterocycles. The van der Waals surface area contributed by atoms with Crippen LogP contribution in [0.2, 0.25) is 0 Å². The molecule has 2 aliphatic rings. The van der Waals surface area contributed by atoms with Gasteiger partial charge in [-0.05, 0) is 13.3 Å². The van der Waals surface area contributed by atoms with Gasteiger partial charge in [0.05, 0.1) is 18.5 Å². The number of aromatic nitrogens is 4. The minimum atomic E-state index is -0.483. The maximum absolute atomic E-state index is 11.9. The smallest absolute Gasteiger partial charge is 0.280 e. The van der Waals surface area contributed by atoms with E-state index >= 15 is 0 Å². The van der Waals surface area contributed by atoms with Crippen LogP contribution in [0.4, 0.5) is 5.95 Å². The van der Waals surface area contributed by atoms with Crippen LogP contribution in [0.5, 0.6) is 0 Å². The van der Waals surface area contributed by atoms with Crippen molar-refractivity contribution < 1.29 is 9.47 Å². The van der Waals surface area contributed by atoms with Crippen LogP contribution in [0.25, 0.3) is 11.2 Å². The van der Waals surface area contributed by atoms with E-state index in [1.54, 1.807) is 10.9 Å². The number of fused-ring (bicyclic) bond motifs is 3. The molecule has 8 heteroatoms. The summed E-state index contributed by atoms with van der Waals surface area (Å²) in [6.07, 6.45) is 2.06. The fourth-order valence-corrected chi connectivity index (χ4v) is 3.75. The van der Waals surface area contributed by atoms with Gasteiger partial charge in [-0.2, -0.15) is 4.98 Å². The van der Waals surface area contributed by atoms with E-state index in [9.17, 15) is 4.79 Å². The van der Waals surface area contributed by atoms with Crippen LogP contribution in [0.1, 0.15) is 33.4 Å². The first-order valence-corrected chi connectivity index (χ1v) is 7.45. The van der Waals surface area contributed by atoms with Crippen LogP contribution in [0.3, 0.4) is 0 Å². The Bertz CT molecular complexity index is 814. The highest BCUT2D eigenvalue weighted by Crippen LogP contribution is 2.57. The Labute approximate surface area is 126 Å². The molecule has 4 heterocycles. The summed E-state index contributed by atoms with van der Waals surface area (Å²) in [4.78, 5) is 22.8. The standard InChI is InChI=1S/C14H19N5O3/c1-4-14-5-21-13(3,7(14)2)11(22-14)19-6-16-8-9(19)17-12(15)18-10(8)20/h6-7,11H,4-5H2,1-3H3,(H3,15,17,18,20)/t7-,11+,13-,14-/m0/s1. The van der Waals surface area contributed by atoms with Gasteiger partial charge in [0.25, 0.3) is 5.56 Å². The molecule has 0 saturated carbocycles. The van der Waals surface area contributed by atoms with Crippen molar-refractivity contribution in [3.63, 3.8) is 0 Å². The molecule has 0 radical (unpaired) electrons. The summed E-state index contributed by atoms with van der Waals surface area (Å²) < 4.78 is 14.2. The highest BCUT2D eigenvalue weighted by atomic mass is 16.6. The summed E-state index contributed by atoms with van der Waals surface area (Å²) >= 11 is 0. The summed E-state index contributed by atoms with van der Waals surface area (Å²) in [7, 11) is 0. The lowest BCUT2D eigenvalue weighted by atomic mass is 9.81. The predicted molar refractivity (Wildman–Crippen MR) is 79.2 cm³/mol. The molecule has 2 aromatic heterocycles. The minimum absolute atomic E-state index is 0.0618. The lowest BCUT2D eigenvalue weighted by Gasteiger charge is -2.34. The third-order valence-corrected chi connectivity index (χ3v) is 5.41. The zero-order valence-electron chi connectivity index (χ0n) is 12.8. The zero-order valence-corrected chi connectivity index (χ0v) is 12.8. The third kappa shape index (κ3) is 1.46. The SMILES string of the molecule is CC[C@]12CO[C@@](C)([C@@H]1C)[C@H](n1cnc3c(=O)[nH]c(N)nc31)O2. The first kappa shape index (κ1) is 13.7. The molecule has 4 rings (SSSR count). The summed E-state index contributed by atoms with van der Waals surface area (Å²) in [5.74, 6) is 0.290. The first-order valence-electron chi connectivity index (χ1n) is 7.45. The normalized spacial score (nSPS) is 37.2. The fraction of sp³-hybridized carbons (Fsp3) is 0.643. The zero-order chi connectivity index (χ0) is 15.7. The van der Waals surface area contributed by atoms with E-state index in [1.165, 1.54) is 0 Å². The van der Waals surface area contributed by atoms with Crippen LogP contribution in [-0.2, 0) is 9.47 Å². The van der Waals surface area contributed by atoms with Crippen LogP contribution < -0.4 is 11.3 Å². The van der Waals surface area contributed by atoms with Crippen LogP contribution in [-0.4, -0.2) is 37.3 Å². The second kappa shape index (κ2) is 4.08. The molecule has 0 aliphatic carbocycles. The number of imidazole rings is 1. The van der Waals surface area contributed by atoms with Crippen LogP contribution >= 0.6 is 0 Å². The van der Waals surface area contributed by atoms with Crippen molar-refractivity contribution in [2.75, 3.05) is 12.3 Å². The Kier molecular flexibility index (Phi) is 2.54. The fourth-order valence-electron chi connectivity index (χ4n) is 3.75. The van der Waals surface area contributed by atoms with Crippen molar-refractivity contribution >= 4 is 17.1 Å². The molecule has 0 amide bonds. The van der Waals surface area contributed by atoms with Gasteiger partial charge in [0, 0.05) is 5.92 Å². The molecular weight excluding hydrogens is 286 g/mol. The van der Waals surface area contributed by atoms with Crippen molar-refractivity contribution in [3.05, 3.63) is 16.7 Å². The van der Waals surface area contributed by atoms with Gasteiger partial charge in [-0.3, -0.25) is 14.3 Å². The monoisotopic (exact) mass is 305 g/mol. The largest absolute Gasteiger partial charge is 0.369 e. The third-order valence-electron chi connectivity index (χ3n) is 5.41. The van der Waals surface area contributed by atoms with Crippen molar-refractivity contribution in [1.82, 2.24) is 19.5 Å². The summed E-state index contributed by atoms with van der Waals surface area (Å²) in [5.41, 5.74) is 5.19. The average molecular weight is 305 g/mol. The maximum atomic E-state index is 11.9. The van der Waals surface area contributed by atoms with Gasteiger partial charge < -0.3 is 15.2 Å². The molecule has 0 unspecified atom stereocenters. The predicted octanol–water partition coefficient (Wildman–Crippen LogP) is 0.804. The summed E-state index contributed by atoms with van der Waals surface area (Å²) in [6.45, 7) is 6.86. The Morgan fingerprint density at radius 2 is 2.36 bits per heavy atom. The van der Waals surface area contributed by atoms with E-state index in [1.807, 2.05) is 6.92 Å². The summed E-state index contributed by atoms with van der Waals surface area (Å²) in [5, 5.41) is 0. The maximum Gasteiger partial charge on any atom is 0.280 e. The Morgan fingerprint density at radius 3 is 3.05 bits per heavy atom. The van der Waals surface area contributed by atoms with E-state index in [-0.39, 0.29) is 34.8 Å². The van der Waals surface area contributed by atoms with E-state index in [0.717, 1.165) is 6.42 Å². The van der Waals surface area contributed by atoms with Crippen molar-refractivity contribution in [2.24, 2.45) is 5.92 Å². The first-order chi connectivity index (χ1) is 10.4. The number of nitrogens with zero attached hydrogens (tertiary/aromatic N) is 3. The van der Waals surface area contributed by atoms with Gasteiger partial charge in [-0.25, -0.2) is 4.98 Å². The van der Waals surface area contributed by atoms with Gasteiger partial charge >= 0.3 is 0 Å². The average Bonchev–Trinajstić information content (AvgIpc) is 3.07. The Balaban J connectivity index is 1.89. The molecule has 4 atom stereocenters. The van der Waals surface area contributed by atoms with Crippen molar-refractivity contribution in [2.45, 2.75) is 44.6 Å². The molecule has 3 N–H and O–H groups in total. The van der Waals surface area contributed by atoms with Gasteiger partial charge in [0.1, 0.15) is 5.60 Å². The van der Waals surface area contributed by atoms with Crippen LogP contribution in [0, 0.1) is 5.92 Å². The molecule has 8 nitrogen and oxygen atoms in total. The quantitative estimate of drug-likeness (QED) is 0.850. The van der Waals surface area contributed by atoms with E-state index < -0.39 is 5.60 Å². The van der Waals surface area contributed by atoms with E-state index in [4.69, 9.17) is 15.2 Å². The lowest BCUT2D eigenvalue weighted by molar-refractivity contribution is -0.203. The number of nitrogens with one attached hydrogen (secondary N) is 1. The van der Waals surface area contributed by atoms with E-state index in [2.05, 4.69) is 28.8 Å². The number of nitrogen functional groups attached to an aromatic ring is 1. The molecule has 0 aromatic carbocycles. The van der Waals surface area contributed by atoms with Crippen molar-refractivity contribution in [3.8, 4) is 0 Å². The number of aromatic amines is 1. The number of hydrogen-bond donors (Lipinski definition) is 2. The molecular formula is C14H19N5O3. The molecule has 2 bridgehead atoms. The number of nitrogens with two attached hydrogens (primary N) is 1. The van der Waals surface area contributed by atoms with Gasteiger partial charge in [0.15, 0.2) is 17.4 Å². The van der Waals surface area contributed by atoms with Gasteiger partial charge in [-0.15, -0.1) is 0 Å². The number of rotatable bonds is 2. The molecule has 2 fully saturated rings. The molecule has 118 valence electrons. The molecule has 2 saturated heterocycles. The molecule has 0 spiro atoms. The number of ether oxygens (including phenoxy) is 2. The highest BCUT2D eigenvalue weighted by molar-refractivity contribution is 5.70. The second-order valence-corrected chi connectivity index (χ2v) is 6.36.